The highest BCUT2D eigenvalue weighted by atomic mass is 35.5. The molecule has 0 heterocycles. The summed E-state index contributed by atoms with van der Waals surface area (Å²) in [6.07, 6.45) is 2.55. The van der Waals surface area contributed by atoms with Crippen molar-refractivity contribution < 1.29 is 9.53 Å². The minimum Gasteiger partial charge on any atom is -0.493 e. The molecular formula is C14H19ClN2O2. The average Bonchev–Trinajstić information content (AvgIpc) is 3.14. The topological polar surface area (TPSA) is 64.3 Å². The minimum atomic E-state index is -0.158. The first-order valence-corrected chi connectivity index (χ1v) is 6.91. The zero-order valence-corrected chi connectivity index (χ0v) is 11.7. The predicted octanol–water partition coefficient (Wildman–Crippen LogP) is 2.41. The van der Waals surface area contributed by atoms with Gasteiger partial charge in [0.1, 0.15) is 5.75 Å². The van der Waals surface area contributed by atoms with Gasteiger partial charge in [-0.05, 0) is 38.0 Å². The Kier molecular flexibility index (Phi) is 4.66. The summed E-state index contributed by atoms with van der Waals surface area (Å²) in [6.45, 7) is 2.22. The number of nitrogens with two attached hydrogens (primary N) is 1. The standard InChI is InChI=1S/C14H19ClN2O2/c1-9(16)12-8-10(15)2-5-13(12)19-7-6-14(18)17-11-3-4-11/h2,5,8-9,11H,3-4,6-7,16H2,1H3,(H,17,18)/t9-/m1/s1. The van der Waals surface area contributed by atoms with E-state index in [0.717, 1.165) is 18.4 Å². The van der Waals surface area contributed by atoms with Crippen molar-refractivity contribution >= 4 is 17.5 Å². The molecule has 0 saturated heterocycles. The van der Waals surface area contributed by atoms with Crippen molar-refractivity contribution in [2.45, 2.75) is 38.3 Å². The Morgan fingerprint density at radius 3 is 2.95 bits per heavy atom. The molecular weight excluding hydrogens is 264 g/mol. The van der Waals surface area contributed by atoms with E-state index < -0.39 is 0 Å². The molecule has 5 heteroatoms. The van der Waals surface area contributed by atoms with Gasteiger partial charge in [-0.1, -0.05) is 11.6 Å². The fraction of sp³-hybridized carbons (Fsp3) is 0.500. The van der Waals surface area contributed by atoms with Crippen LogP contribution >= 0.6 is 11.6 Å². The van der Waals surface area contributed by atoms with Gasteiger partial charge in [-0.3, -0.25) is 4.79 Å². The first-order chi connectivity index (χ1) is 9.06. The van der Waals surface area contributed by atoms with E-state index >= 15 is 0 Å². The number of nitrogens with one attached hydrogen (secondary N) is 1. The average molecular weight is 283 g/mol. The van der Waals surface area contributed by atoms with E-state index in [1.165, 1.54) is 0 Å². The molecule has 1 fully saturated rings. The van der Waals surface area contributed by atoms with Gasteiger partial charge >= 0.3 is 0 Å². The van der Waals surface area contributed by atoms with E-state index in [2.05, 4.69) is 5.32 Å². The molecule has 0 bridgehead atoms. The highest BCUT2D eigenvalue weighted by molar-refractivity contribution is 6.30. The molecule has 19 heavy (non-hydrogen) atoms. The summed E-state index contributed by atoms with van der Waals surface area (Å²) in [5.74, 6) is 0.734. The maximum absolute atomic E-state index is 11.5. The van der Waals surface area contributed by atoms with Crippen LogP contribution in [0, 0.1) is 0 Å². The number of carbonyl (C=O) groups is 1. The molecule has 1 aliphatic carbocycles. The first-order valence-electron chi connectivity index (χ1n) is 6.53. The van der Waals surface area contributed by atoms with Crippen LogP contribution in [0.3, 0.4) is 0 Å². The number of ether oxygens (including phenoxy) is 1. The number of carbonyl (C=O) groups excluding carboxylic acids is 1. The molecule has 104 valence electrons. The Hall–Kier alpha value is -1.26. The fourth-order valence-electron chi connectivity index (χ4n) is 1.79. The van der Waals surface area contributed by atoms with E-state index in [-0.39, 0.29) is 11.9 Å². The van der Waals surface area contributed by atoms with Gasteiger partial charge in [0.2, 0.25) is 5.91 Å². The number of halogens is 1. The second-order valence-corrected chi connectivity index (χ2v) is 5.35. The number of hydrogen-bond acceptors (Lipinski definition) is 3. The van der Waals surface area contributed by atoms with Crippen LogP contribution in [0.25, 0.3) is 0 Å². The van der Waals surface area contributed by atoms with E-state index in [1.54, 1.807) is 18.2 Å². The number of hydrogen-bond donors (Lipinski definition) is 2. The van der Waals surface area contributed by atoms with Crippen LogP contribution in [0.5, 0.6) is 5.75 Å². The van der Waals surface area contributed by atoms with Gasteiger partial charge in [-0.2, -0.15) is 0 Å². The van der Waals surface area contributed by atoms with Crippen LogP contribution in [-0.2, 0) is 4.79 Å². The van der Waals surface area contributed by atoms with Gasteiger partial charge in [-0.25, -0.2) is 0 Å². The summed E-state index contributed by atoms with van der Waals surface area (Å²) in [5.41, 5.74) is 6.73. The lowest BCUT2D eigenvalue weighted by molar-refractivity contribution is -0.121. The normalized spacial score (nSPS) is 15.9. The Labute approximate surface area is 118 Å². The number of benzene rings is 1. The molecule has 1 aromatic carbocycles. The molecule has 3 N–H and O–H groups in total. The summed E-state index contributed by atoms with van der Waals surface area (Å²) in [4.78, 5) is 11.5. The first kappa shape index (κ1) is 14.2. The lowest BCUT2D eigenvalue weighted by Gasteiger charge is -2.14. The van der Waals surface area contributed by atoms with Gasteiger partial charge in [0.05, 0.1) is 13.0 Å². The molecule has 0 aliphatic heterocycles. The number of amides is 1. The molecule has 1 saturated carbocycles. The highest BCUT2D eigenvalue weighted by Crippen LogP contribution is 2.27. The molecule has 0 radical (unpaired) electrons. The molecule has 0 aromatic heterocycles. The van der Waals surface area contributed by atoms with Crippen molar-refractivity contribution in [3.8, 4) is 5.75 Å². The monoisotopic (exact) mass is 282 g/mol. The smallest absolute Gasteiger partial charge is 0.223 e. The van der Waals surface area contributed by atoms with Crippen LogP contribution in [0.4, 0.5) is 0 Å². The minimum absolute atomic E-state index is 0.0406. The Morgan fingerprint density at radius 1 is 1.58 bits per heavy atom. The Morgan fingerprint density at radius 2 is 2.32 bits per heavy atom. The molecule has 1 aromatic rings. The third-order valence-electron chi connectivity index (χ3n) is 2.99. The SMILES string of the molecule is C[C@@H](N)c1cc(Cl)ccc1OCCC(=O)NC1CC1. The molecule has 1 aliphatic rings. The van der Waals surface area contributed by atoms with E-state index in [0.29, 0.717) is 29.8 Å². The molecule has 0 unspecified atom stereocenters. The van der Waals surface area contributed by atoms with E-state index in [4.69, 9.17) is 22.1 Å². The zero-order valence-electron chi connectivity index (χ0n) is 11.0. The summed E-state index contributed by atoms with van der Waals surface area (Å²) >= 11 is 5.93. The van der Waals surface area contributed by atoms with E-state index in [1.807, 2.05) is 6.92 Å². The van der Waals surface area contributed by atoms with Crippen LogP contribution in [0.2, 0.25) is 5.02 Å². The summed E-state index contributed by atoms with van der Waals surface area (Å²) in [5, 5.41) is 3.55. The van der Waals surface area contributed by atoms with Gasteiger partial charge in [0.15, 0.2) is 0 Å². The van der Waals surface area contributed by atoms with Crippen LogP contribution in [0.1, 0.15) is 37.8 Å². The zero-order chi connectivity index (χ0) is 13.8. The second-order valence-electron chi connectivity index (χ2n) is 4.91. The third-order valence-corrected chi connectivity index (χ3v) is 3.23. The molecule has 1 amide bonds. The largest absolute Gasteiger partial charge is 0.493 e. The Balaban J connectivity index is 1.86. The van der Waals surface area contributed by atoms with Crippen LogP contribution < -0.4 is 15.8 Å². The van der Waals surface area contributed by atoms with Crippen molar-refractivity contribution in [3.05, 3.63) is 28.8 Å². The van der Waals surface area contributed by atoms with Gasteiger partial charge < -0.3 is 15.8 Å². The molecule has 0 spiro atoms. The summed E-state index contributed by atoms with van der Waals surface area (Å²) in [7, 11) is 0. The summed E-state index contributed by atoms with van der Waals surface area (Å²) < 4.78 is 5.63. The fourth-order valence-corrected chi connectivity index (χ4v) is 1.97. The lowest BCUT2D eigenvalue weighted by atomic mass is 10.1. The predicted molar refractivity (Wildman–Crippen MR) is 75.3 cm³/mol. The van der Waals surface area contributed by atoms with Crippen LogP contribution in [0.15, 0.2) is 18.2 Å². The van der Waals surface area contributed by atoms with Gasteiger partial charge in [-0.15, -0.1) is 0 Å². The third kappa shape index (κ3) is 4.40. The van der Waals surface area contributed by atoms with Crippen molar-refractivity contribution in [1.82, 2.24) is 5.32 Å². The van der Waals surface area contributed by atoms with Crippen molar-refractivity contribution in [2.75, 3.05) is 6.61 Å². The van der Waals surface area contributed by atoms with Crippen molar-refractivity contribution in [3.63, 3.8) is 0 Å². The second kappa shape index (κ2) is 6.26. The van der Waals surface area contributed by atoms with Gasteiger partial charge in [0.25, 0.3) is 0 Å². The quantitative estimate of drug-likeness (QED) is 0.842. The van der Waals surface area contributed by atoms with E-state index in [9.17, 15) is 4.79 Å². The highest BCUT2D eigenvalue weighted by Gasteiger charge is 2.22. The molecule has 4 nitrogen and oxygen atoms in total. The van der Waals surface area contributed by atoms with Crippen molar-refractivity contribution in [2.24, 2.45) is 5.73 Å². The van der Waals surface area contributed by atoms with Gasteiger partial charge in [0, 0.05) is 22.7 Å². The maximum Gasteiger partial charge on any atom is 0.223 e. The summed E-state index contributed by atoms with van der Waals surface area (Å²) in [6, 6.07) is 5.58. The lowest BCUT2D eigenvalue weighted by Crippen LogP contribution is -2.26. The maximum atomic E-state index is 11.5. The number of rotatable bonds is 6. The molecule has 1 atom stereocenters. The van der Waals surface area contributed by atoms with Crippen LogP contribution in [-0.4, -0.2) is 18.6 Å². The molecule has 2 rings (SSSR count). The Bertz CT molecular complexity index is 459. The van der Waals surface area contributed by atoms with Crippen molar-refractivity contribution in [1.29, 1.82) is 0 Å².